The first-order valence-corrected chi connectivity index (χ1v) is 8.33. The third-order valence-electron chi connectivity index (χ3n) is 4.63. The van der Waals surface area contributed by atoms with E-state index in [1.54, 1.807) is 13.3 Å². The number of likely N-dealkylation sites (tertiary alicyclic amines) is 1. The van der Waals surface area contributed by atoms with Gasteiger partial charge >= 0.3 is 5.97 Å². The maximum absolute atomic E-state index is 11.1. The highest BCUT2D eigenvalue weighted by Gasteiger charge is 2.32. The molecule has 0 saturated carbocycles. The minimum atomic E-state index is -0.918. The van der Waals surface area contributed by atoms with Gasteiger partial charge in [0.2, 0.25) is 0 Å². The number of hydrogen-bond acceptors (Lipinski definition) is 5. The highest BCUT2D eigenvalue weighted by molar-refractivity contribution is 5.70. The van der Waals surface area contributed by atoms with Gasteiger partial charge < -0.3 is 14.9 Å². The summed E-state index contributed by atoms with van der Waals surface area (Å²) in [6.45, 7) is 2.32. The van der Waals surface area contributed by atoms with Crippen molar-refractivity contribution in [3.63, 3.8) is 0 Å². The summed E-state index contributed by atoms with van der Waals surface area (Å²) >= 11 is 0. The highest BCUT2D eigenvalue weighted by Crippen LogP contribution is 2.24. The number of aliphatic hydroxyl groups is 1. The Morgan fingerprint density at radius 2 is 2.24 bits per heavy atom. The number of benzene rings is 1. The van der Waals surface area contributed by atoms with Gasteiger partial charge in [-0.05, 0) is 36.7 Å². The molecule has 0 aliphatic carbocycles. The molecule has 1 aliphatic heterocycles. The van der Waals surface area contributed by atoms with Crippen LogP contribution in [0.4, 0.5) is 0 Å². The second-order valence-electron chi connectivity index (χ2n) is 6.39. The van der Waals surface area contributed by atoms with E-state index < -0.39 is 18.0 Å². The number of β-amino-alcohol motifs (C(OH)–C–C–N with tert-alkyl or cyclic N) is 1. The molecular weight excluding hydrogens is 322 g/mol. The van der Waals surface area contributed by atoms with Crippen molar-refractivity contribution >= 4 is 5.97 Å². The molecule has 1 aliphatic rings. The van der Waals surface area contributed by atoms with Crippen molar-refractivity contribution in [2.45, 2.75) is 25.6 Å². The van der Waals surface area contributed by atoms with Crippen LogP contribution in [0.2, 0.25) is 0 Å². The molecule has 7 nitrogen and oxygen atoms in total. The van der Waals surface area contributed by atoms with Crippen LogP contribution >= 0.6 is 0 Å². The van der Waals surface area contributed by atoms with E-state index in [0.29, 0.717) is 32.6 Å². The molecule has 2 aromatic rings. The molecule has 3 rings (SSSR count). The summed E-state index contributed by atoms with van der Waals surface area (Å²) in [6.07, 6.45) is 3.28. The van der Waals surface area contributed by atoms with E-state index in [1.807, 2.05) is 29.1 Å². The summed E-state index contributed by atoms with van der Waals surface area (Å²) in [7, 11) is 1.65. The molecule has 0 unspecified atom stereocenters. The van der Waals surface area contributed by atoms with Crippen LogP contribution in [0.25, 0.3) is 0 Å². The van der Waals surface area contributed by atoms with Crippen molar-refractivity contribution in [2.75, 3.05) is 20.2 Å². The molecule has 2 N–H and O–H groups in total. The van der Waals surface area contributed by atoms with Crippen molar-refractivity contribution < 1.29 is 19.7 Å². The van der Waals surface area contributed by atoms with Crippen molar-refractivity contribution in [1.82, 2.24) is 14.7 Å². The lowest BCUT2D eigenvalue weighted by Gasteiger charge is -2.34. The number of nitrogens with zero attached hydrogens (tertiary/aromatic N) is 3. The normalized spacial score (nSPS) is 21.2. The van der Waals surface area contributed by atoms with Gasteiger partial charge in [0.05, 0.1) is 25.7 Å². The van der Waals surface area contributed by atoms with Gasteiger partial charge in [-0.3, -0.25) is 14.4 Å². The molecule has 0 spiro atoms. The Labute approximate surface area is 146 Å². The van der Waals surface area contributed by atoms with E-state index in [1.165, 1.54) is 0 Å². The summed E-state index contributed by atoms with van der Waals surface area (Å²) in [5.74, 6) is -0.774. The van der Waals surface area contributed by atoms with Gasteiger partial charge in [0.25, 0.3) is 0 Å². The van der Waals surface area contributed by atoms with Crippen LogP contribution in [0, 0.1) is 5.92 Å². The Hall–Kier alpha value is -2.38. The zero-order valence-corrected chi connectivity index (χ0v) is 14.2. The Morgan fingerprint density at radius 3 is 2.88 bits per heavy atom. The second-order valence-corrected chi connectivity index (χ2v) is 6.39. The maximum atomic E-state index is 11.1. The van der Waals surface area contributed by atoms with Crippen LogP contribution < -0.4 is 4.74 Å². The highest BCUT2D eigenvalue weighted by atomic mass is 16.5. The largest absolute Gasteiger partial charge is 0.496 e. The van der Waals surface area contributed by atoms with Crippen molar-refractivity contribution in [1.29, 1.82) is 0 Å². The fraction of sp³-hybridized carbons (Fsp3) is 0.444. The first kappa shape index (κ1) is 17.4. The summed E-state index contributed by atoms with van der Waals surface area (Å²) in [5.41, 5.74) is 2.13. The molecule has 2 atom stereocenters. The van der Waals surface area contributed by atoms with Crippen molar-refractivity contribution in [3.8, 4) is 5.75 Å². The molecule has 1 saturated heterocycles. The summed E-state index contributed by atoms with van der Waals surface area (Å²) in [4.78, 5) is 13.2. The number of aliphatic hydroxyl groups excluding tert-OH is 1. The molecule has 1 fully saturated rings. The lowest BCUT2D eigenvalue weighted by Crippen LogP contribution is -2.46. The van der Waals surface area contributed by atoms with E-state index in [4.69, 9.17) is 9.84 Å². The minimum absolute atomic E-state index is 0.373. The number of carbonyl (C=O) groups is 1. The van der Waals surface area contributed by atoms with E-state index >= 15 is 0 Å². The number of carboxylic acid groups (broad SMARTS) is 1. The molecular formula is C18H23N3O4. The predicted octanol–water partition coefficient (Wildman–Crippen LogP) is 1.21. The quantitative estimate of drug-likeness (QED) is 0.818. The number of piperidine rings is 1. The van der Waals surface area contributed by atoms with Crippen LogP contribution in [0.1, 0.15) is 17.5 Å². The number of aromatic nitrogens is 2. The molecule has 2 heterocycles. The number of aliphatic carboxylic acids is 1. The molecule has 0 radical (unpaired) electrons. The first-order chi connectivity index (χ1) is 12.1. The number of hydrogen-bond donors (Lipinski definition) is 2. The molecule has 7 heteroatoms. The van der Waals surface area contributed by atoms with Gasteiger partial charge in [-0.1, -0.05) is 6.07 Å². The zero-order chi connectivity index (χ0) is 17.8. The summed E-state index contributed by atoms with van der Waals surface area (Å²) in [5, 5.41) is 23.4. The van der Waals surface area contributed by atoms with Gasteiger partial charge in [-0.2, -0.15) is 5.10 Å². The predicted molar refractivity (Wildman–Crippen MR) is 91.3 cm³/mol. The average molecular weight is 345 g/mol. The lowest BCUT2D eigenvalue weighted by molar-refractivity contribution is -0.148. The maximum Gasteiger partial charge on any atom is 0.309 e. The lowest BCUT2D eigenvalue weighted by atomic mass is 9.93. The molecule has 134 valence electrons. The van der Waals surface area contributed by atoms with Crippen molar-refractivity contribution in [2.24, 2.45) is 5.92 Å². The van der Waals surface area contributed by atoms with Gasteiger partial charge in [0, 0.05) is 31.0 Å². The fourth-order valence-electron chi connectivity index (χ4n) is 3.31. The Bertz CT molecular complexity index is 717. The van der Waals surface area contributed by atoms with E-state index in [0.717, 1.165) is 16.9 Å². The Balaban J connectivity index is 1.69. The van der Waals surface area contributed by atoms with E-state index in [-0.39, 0.29) is 0 Å². The van der Waals surface area contributed by atoms with Gasteiger partial charge in [-0.15, -0.1) is 0 Å². The standard InChI is InChI=1S/C18H23N3O4/c1-25-17-4-3-13(9-14(17)11-21-7-2-6-19-21)10-20-8-5-15(18(23)24)16(22)12-20/h2-4,6-7,9,15-16,22H,5,8,10-12H2,1H3,(H,23,24)/t15-,16+/m0/s1. The summed E-state index contributed by atoms with van der Waals surface area (Å²) in [6, 6.07) is 7.90. The molecule has 1 aromatic heterocycles. The molecule has 0 bridgehead atoms. The number of ether oxygens (including phenoxy) is 1. The monoisotopic (exact) mass is 345 g/mol. The molecule has 0 amide bonds. The van der Waals surface area contributed by atoms with Gasteiger partial charge in [-0.25, -0.2) is 0 Å². The topological polar surface area (TPSA) is 87.8 Å². The zero-order valence-electron chi connectivity index (χ0n) is 14.2. The fourth-order valence-corrected chi connectivity index (χ4v) is 3.31. The Kier molecular flexibility index (Phi) is 5.35. The average Bonchev–Trinajstić information content (AvgIpc) is 3.08. The van der Waals surface area contributed by atoms with Crippen LogP contribution in [0.15, 0.2) is 36.7 Å². The number of rotatable bonds is 6. The summed E-state index contributed by atoms with van der Waals surface area (Å²) < 4.78 is 7.27. The van der Waals surface area contributed by atoms with Crippen LogP contribution in [-0.4, -0.2) is 57.2 Å². The number of carboxylic acids is 1. The third-order valence-corrected chi connectivity index (χ3v) is 4.63. The van der Waals surface area contributed by atoms with Crippen LogP contribution in [0.3, 0.4) is 0 Å². The Morgan fingerprint density at radius 1 is 1.40 bits per heavy atom. The van der Waals surface area contributed by atoms with Crippen LogP contribution in [0.5, 0.6) is 5.75 Å². The second kappa shape index (κ2) is 7.67. The minimum Gasteiger partial charge on any atom is -0.496 e. The molecule has 1 aromatic carbocycles. The van der Waals surface area contributed by atoms with Crippen LogP contribution in [-0.2, 0) is 17.9 Å². The smallest absolute Gasteiger partial charge is 0.309 e. The molecule has 25 heavy (non-hydrogen) atoms. The van der Waals surface area contributed by atoms with Gasteiger partial charge in [0.15, 0.2) is 0 Å². The number of methoxy groups -OCH3 is 1. The van der Waals surface area contributed by atoms with Crippen molar-refractivity contribution in [3.05, 3.63) is 47.8 Å². The van der Waals surface area contributed by atoms with E-state index in [9.17, 15) is 9.90 Å². The van der Waals surface area contributed by atoms with E-state index in [2.05, 4.69) is 16.1 Å². The van der Waals surface area contributed by atoms with Gasteiger partial charge in [0.1, 0.15) is 5.75 Å². The third kappa shape index (κ3) is 4.18. The SMILES string of the molecule is COc1ccc(CN2CC[C@H](C(=O)O)[C@H](O)C2)cc1Cn1cccn1. The first-order valence-electron chi connectivity index (χ1n) is 8.33.